The summed E-state index contributed by atoms with van der Waals surface area (Å²) in [5, 5.41) is 1.08. The van der Waals surface area contributed by atoms with Gasteiger partial charge in [-0.3, -0.25) is 0 Å². The van der Waals surface area contributed by atoms with Gasteiger partial charge in [0.1, 0.15) is 0 Å². The van der Waals surface area contributed by atoms with Crippen LogP contribution in [0.2, 0.25) is 4.34 Å². The van der Waals surface area contributed by atoms with Gasteiger partial charge in [-0.1, -0.05) is 27.5 Å². The Morgan fingerprint density at radius 2 is 2.27 bits per heavy atom. The van der Waals surface area contributed by atoms with E-state index >= 15 is 0 Å². The first-order chi connectivity index (χ1) is 5.27. The summed E-state index contributed by atoms with van der Waals surface area (Å²) in [5.41, 5.74) is 0.456. The first-order valence-electron chi connectivity index (χ1n) is 3.59. The van der Waals surface area contributed by atoms with E-state index in [1.807, 2.05) is 6.07 Å². The third-order valence-electron chi connectivity index (χ3n) is 2.21. The molecule has 1 fully saturated rings. The molecule has 0 aromatic carbocycles. The average molecular weight is 252 g/mol. The van der Waals surface area contributed by atoms with Crippen LogP contribution in [0.1, 0.15) is 17.7 Å². The Kier molecular flexibility index (Phi) is 2.02. The van der Waals surface area contributed by atoms with Crippen LogP contribution in [0.5, 0.6) is 0 Å². The summed E-state index contributed by atoms with van der Waals surface area (Å²) in [6.45, 7) is 0. The van der Waals surface area contributed by atoms with Gasteiger partial charge in [-0.05, 0) is 25.0 Å². The van der Waals surface area contributed by atoms with Crippen LogP contribution in [-0.2, 0) is 5.41 Å². The molecular formula is C8H8BrClS. The first-order valence-corrected chi connectivity index (χ1v) is 5.90. The maximum Gasteiger partial charge on any atom is 0.0931 e. The van der Waals surface area contributed by atoms with E-state index in [4.69, 9.17) is 11.6 Å². The van der Waals surface area contributed by atoms with E-state index < -0.39 is 0 Å². The normalized spacial score (nSPS) is 20.2. The molecule has 0 saturated heterocycles. The number of thiophene rings is 1. The van der Waals surface area contributed by atoms with Gasteiger partial charge < -0.3 is 0 Å². The van der Waals surface area contributed by atoms with Gasteiger partial charge in [0.15, 0.2) is 0 Å². The SMILES string of the molecule is Clc1ccc(C2(CBr)CC2)s1. The van der Waals surface area contributed by atoms with Crippen molar-refractivity contribution in [1.82, 2.24) is 0 Å². The molecule has 3 heteroatoms. The lowest BCUT2D eigenvalue weighted by Crippen LogP contribution is -2.04. The van der Waals surface area contributed by atoms with E-state index in [2.05, 4.69) is 22.0 Å². The molecule has 60 valence electrons. The van der Waals surface area contributed by atoms with Gasteiger partial charge >= 0.3 is 0 Å². The van der Waals surface area contributed by atoms with Gasteiger partial charge in [0.25, 0.3) is 0 Å². The second-order valence-electron chi connectivity index (χ2n) is 3.02. The Bertz CT molecular complexity index is 265. The Labute approximate surface area is 83.7 Å². The zero-order chi connectivity index (χ0) is 7.90. The molecule has 1 aliphatic carbocycles. The predicted molar refractivity (Wildman–Crippen MR) is 54.0 cm³/mol. The molecule has 0 nitrogen and oxygen atoms in total. The molecule has 0 N–H and O–H groups in total. The van der Waals surface area contributed by atoms with Gasteiger partial charge in [-0.2, -0.15) is 0 Å². The smallest absolute Gasteiger partial charge is 0.0931 e. The van der Waals surface area contributed by atoms with Crippen molar-refractivity contribution in [2.75, 3.05) is 5.33 Å². The molecule has 1 aromatic heterocycles. The molecule has 1 heterocycles. The van der Waals surface area contributed by atoms with Crippen molar-refractivity contribution in [2.45, 2.75) is 18.3 Å². The predicted octanol–water partition coefficient (Wildman–Crippen LogP) is 3.83. The quantitative estimate of drug-likeness (QED) is 0.701. The molecule has 0 radical (unpaired) electrons. The molecule has 0 spiro atoms. The highest BCUT2D eigenvalue weighted by Crippen LogP contribution is 2.52. The summed E-state index contributed by atoms with van der Waals surface area (Å²) in [5.74, 6) is 0. The van der Waals surface area contributed by atoms with Crippen LogP contribution in [0.3, 0.4) is 0 Å². The van der Waals surface area contributed by atoms with Crippen LogP contribution >= 0.6 is 38.9 Å². The van der Waals surface area contributed by atoms with E-state index in [-0.39, 0.29) is 0 Å². The molecule has 0 atom stereocenters. The highest BCUT2D eigenvalue weighted by molar-refractivity contribution is 9.09. The maximum absolute atomic E-state index is 5.85. The second-order valence-corrected chi connectivity index (χ2v) is 5.29. The van der Waals surface area contributed by atoms with Gasteiger partial charge in [0.2, 0.25) is 0 Å². The first kappa shape index (κ1) is 8.09. The summed E-state index contributed by atoms with van der Waals surface area (Å²) in [6, 6.07) is 4.14. The summed E-state index contributed by atoms with van der Waals surface area (Å²) in [4.78, 5) is 1.44. The van der Waals surface area contributed by atoms with Gasteiger partial charge in [0, 0.05) is 15.6 Å². The van der Waals surface area contributed by atoms with E-state index in [0.717, 1.165) is 9.67 Å². The van der Waals surface area contributed by atoms with Crippen LogP contribution in [0.25, 0.3) is 0 Å². The number of rotatable bonds is 2. The van der Waals surface area contributed by atoms with Gasteiger partial charge in [-0.25, -0.2) is 0 Å². The molecule has 0 unspecified atom stereocenters. The summed E-state index contributed by atoms with van der Waals surface area (Å²) in [7, 11) is 0. The zero-order valence-electron chi connectivity index (χ0n) is 5.94. The van der Waals surface area contributed by atoms with Crippen LogP contribution in [0.15, 0.2) is 12.1 Å². The van der Waals surface area contributed by atoms with Crippen LogP contribution in [-0.4, -0.2) is 5.33 Å². The minimum absolute atomic E-state index is 0.456. The van der Waals surface area contributed by atoms with Crippen molar-refractivity contribution in [3.05, 3.63) is 21.3 Å². The molecule has 0 bridgehead atoms. The molecular weight excluding hydrogens is 244 g/mol. The molecule has 0 amide bonds. The molecule has 11 heavy (non-hydrogen) atoms. The second kappa shape index (κ2) is 2.75. The van der Waals surface area contributed by atoms with E-state index in [1.54, 1.807) is 11.3 Å². The van der Waals surface area contributed by atoms with Crippen molar-refractivity contribution in [3.63, 3.8) is 0 Å². The fourth-order valence-corrected chi connectivity index (χ4v) is 3.53. The van der Waals surface area contributed by atoms with E-state index in [9.17, 15) is 0 Å². The fourth-order valence-electron chi connectivity index (χ4n) is 1.20. The lowest BCUT2D eigenvalue weighted by atomic mass is 10.1. The standard InChI is InChI=1S/C8H8BrClS/c9-5-8(3-4-8)6-1-2-7(10)11-6/h1-2H,3-5H2. The average Bonchev–Trinajstić information content (AvgIpc) is 2.70. The third kappa shape index (κ3) is 1.36. The molecule has 2 rings (SSSR count). The molecule has 1 aromatic rings. The van der Waals surface area contributed by atoms with Crippen LogP contribution in [0, 0.1) is 0 Å². The van der Waals surface area contributed by atoms with Crippen molar-refractivity contribution in [1.29, 1.82) is 0 Å². The summed E-state index contributed by atoms with van der Waals surface area (Å²) < 4.78 is 0.909. The number of alkyl halides is 1. The maximum atomic E-state index is 5.85. The monoisotopic (exact) mass is 250 g/mol. The van der Waals surface area contributed by atoms with Crippen LogP contribution < -0.4 is 0 Å². The lowest BCUT2D eigenvalue weighted by Gasteiger charge is -2.06. The largest absolute Gasteiger partial charge is 0.128 e. The Morgan fingerprint density at radius 1 is 1.55 bits per heavy atom. The number of hydrogen-bond acceptors (Lipinski definition) is 1. The summed E-state index contributed by atoms with van der Waals surface area (Å²) >= 11 is 11.1. The van der Waals surface area contributed by atoms with Crippen molar-refractivity contribution in [2.24, 2.45) is 0 Å². The van der Waals surface area contributed by atoms with Crippen molar-refractivity contribution >= 4 is 38.9 Å². The van der Waals surface area contributed by atoms with Gasteiger partial charge in [0.05, 0.1) is 4.34 Å². The van der Waals surface area contributed by atoms with E-state index in [1.165, 1.54) is 17.7 Å². The minimum atomic E-state index is 0.456. The zero-order valence-corrected chi connectivity index (χ0v) is 9.10. The van der Waals surface area contributed by atoms with Crippen LogP contribution in [0.4, 0.5) is 0 Å². The Morgan fingerprint density at radius 3 is 2.64 bits per heavy atom. The Hall–Kier alpha value is 0.470. The van der Waals surface area contributed by atoms with Crippen molar-refractivity contribution < 1.29 is 0 Å². The lowest BCUT2D eigenvalue weighted by molar-refractivity contribution is 0.832. The molecule has 1 saturated carbocycles. The topological polar surface area (TPSA) is 0 Å². The number of halogens is 2. The molecule has 0 aliphatic heterocycles. The summed E-state index contributed by atoms with van der Waals surface area (Å²) in [6.07, 6.45) is 2.63. The Balaban J connectivity index is 2.29. The van der Waals surface area contributed by atoms with Gasteiger partial charge in [-0.15, -0.1) is 11.3 Å². The molecule has 1 aliphatic rings. The highest BCUT2D eigenvalue weighted by Gasteiger charge is 2.44. The fraction of sp³-hybridized carbons (Fsp3) is 0.500. The third-order valence-corrected chi connectivity index (χ3v) is 4.76. The highest BCUT2D eigenvalue weighted by atomic mass is 79.9. The minimum Gasteiger partial charge on any atom is -0.128 e. The number of hydrogen-bond donors (Lipinski definition) is 0. The van der Waals surface area contributed by atoms with Crippen molar-refractivity contribution in [3.8, 4) is 0 Å². The van der Waals surface area contributed by atoms with E-state index in [0.29, 0.717) is 5.41 Å².